The molecular weight excluding hydrogens is 354 g/mol. The summed E-state index contributed by atoms with van der Waals surface area (Å²) in [5.41, 5.74) is 2.15. The van der Waals surface area contributed by atoms with E-state index < -0.39 is 5.97 Å². The number of ketones is 1. The van der Waals surface area contributed by atoms with Crippen LogP contribution in [0.15, 0.2) is 54.6 Å². The van der Waals surface area contributed by atoms with Gasteiger partial charge in [0.05, 0.1) is 0 Å². The van der Waals surface area contributed by atoms with Crippen molar-refractivity contribution in [3.63, 3.8) is 0 Å². The number of carboxylic acid groups (broad SMARTS) is 1. The molecule has 0 bridgehead atoms. The highest BCUT2D eigenvalue weighted by molar-refractivity contribution is 6.09. The molecule has 0 amide bonds. The van der Waals surface area contributed by atoms with Crippen LogP contribution in [0, 0.1) is 5.92 Å². The van der Waals surface area contributed by atoms with Crippen molar-refractivity contribution in [3.05, 3.63) is 71.3 Å². The zero-order valence-electron chi connectivity index (χ0n) is 16.9. The molecule has 5 nitrogen and oxygen atoms in total. The van der Waals surface area contributed by atoms with Gasteiger partial charge in [-0.1, -0.05) is 69.3 Å². The van der Waals surface area contributed by atoms with Crippen LogP contribution in [0.3, 0.4) is 0 Å². The molecule has 2 atom stereocenters. The zero-order valence-corrected chi connectivity index (χ0v) is 16.9. The van der Waals surface area contributed by atoms with Crippen LogP contribution in [0.2, 0.25) is 0 Å². The Morgan fingerprint density at radius 3 is 2.07 bits per heavy atom. The van der Waals surface area contributed by atoms with E-state index in [-0.39, 0.29) is 17.7 Å². The van der Waals surface area contributed by atoms with Gasteiger partial charge in [-0.15, -0.1) is 0 Å². The molecule has 0 radical (unpaired) electrons. The smallest absolute Gasteiger partial charge is 0.320 e. The molecule has 0 heterocycles. The van der Waals surface area contributed by atoms with Crippen LogP contribution in [0.25, 0.3) is 0 Å². The van der Waals surface area contributed by atoms with Gasteiger partial charge < -0.3 is 15.2 Å². The first-order valence-electron chi connectivity index (χ1n) is 9.35. The van der Waals surface area contributed by atoms with Gasteiger partial charge in [-0.3, -0.25) is 9.59 Å². The molecular formula is C23H29NO4. The second-order valence-corrected chi connectivity index (χ2v) is 7.05. The van der Waals surface area contributed by atoms with E-state index in [0.717, 1.165) is 11.8 Å². The Kier molecular flexibility index (Phi) is 9.82. The van der Waals surface area contributed by atoms with Crippen molar-refractivity contribution >= 4 is 18.0 Å². The lowest BCUT2D eigenvalue weighted by Crippen LogP contribution is -2.34. The van der Waals surface area contributed by atoms with Gasteiger partial charge in [0, 0.05) is 17.0 Å². The number of aldehydes is 1. The predicted octanol–water partition coefficient (Wildman–Crippen LogP) is 3.93. The van der Waals surface area contributed by atoms with E-state index in [1.165, 1.54) is 0 Å². The van der Waals surface area contributed by atoms with E-state index in [1.54, 1.807) is 31.3 Å². The maximum Gasteiger partial charge on any atom is 0.320 e. The molecule has 0 aliphatic rings. The Hall–Kier alpha value is -2.79. The lowest BCUT2D eigenvalue weighted by atomic mass is 9.96. The van der Waals surface area contributed by atoms with Gasteiger partial charge in [-0.2, -0.15) is 0 Å². The molecule has 0 aliphatic heterocycles. The molecule has 5 heteroatoms. The fourth-order valence-corrected chi connectivity index (χ4v) is 2.61. The van der Waals surface area contributed by atoms with Crippen molar-refractivity contribution in [3.8, 4) is 0 Å². The maximum absolute atomic E-state index is 12.2. The van der Waals surface area contributed by atoms with Crippen LogP contribution in [-0.2, 0) is 9.59 Å². The average Bonchev–Trinajstić information content (AvgIpc) is 2.71. The third kappa shape index (κ3) is 7.45. The van der Waals surface area contributed by atoms with Crippen molar-refractivity contribution in [1.29, 1.82) is 0 Å². The Bertz CT molecular complexity index is 771. The molecule has 2 aromatic carbocycles. The van der Waals surface area contributed by atoms with E-state index in [1.807, 2.05) is 51.1 Å². The van der Waals surface area contributed by atoms with Gasteiger partial charge in [0.1, 0.15) is 12.3 Å². The normalized spacial score (nSPS) is 12.5. The van der Waals surface area contributed by atoms with Gasteiger partial charge >= 0.3 is 5.97 Å². The number of carbonyl (C=O) groups is 3. The highest BCUT2D eigenvalue weighted by Gasteiger charge is 2.15. The summed E-state index contributed by atoms with van der Waals surface area (Å²) in [5, 5.41) is 11.3. The van der Waals surface area contributed by atoms with E-state index >= 15 is 0 Å². The minimum Gasteiger partial charge on any atom is -0.480 e. The van der Waals surface area contributed by atoms with Gasteiger partial charge in [-0.25, -0.2) is 0 Å². The second kappa shape index (κ2) is 11.8. The first kappa shape index (κ1) is 23.2. The third-order valence-electron chi connectivity index (χ3n) is 4.27. The third-order valence-corrected chi connectivity index (χ3v) is 4.27. The second-order valence-electron chi connectivity index (χ2n) is 7.05. The van der Waals surface area contributed by atoms with Crippen LogP contribution in [0.4, 0.5) is 0 Å². The molecule has 2 unspecified atom stereocenters. The minimum absolute atomic E-state index is 0.0180. The molecule has 2 rings (SSSR count). The molecule has 28 heavy (non-hydrogen) atoms. The van der Waals surface area contributed by atoms with Crippen LogP contribution in [0.5, 0.6) is 0 Å². The standard InChI is InChI=1S/C16H14O2.C7H15NO2/c1-12(11-17)14-8-5-9-15(10-14)16(18)13-6-3-2-4-7-13;1-5(2)4-6(8-3)7(9)10/h2-12H,1H3;5-6,8H,4H2,1-3H3,(H,9,10). The van der Waals surface area contributed by atoms with E-state index in [9.17, 15) is 14.4 Å². The Morgan fingerprint density at radius 2 is 1.61 bits per heavy atom. The highest BCUT2D eigenvalue weighted by atomic mass is 16.4. The van der Waals surface area contributed by atoms with E-state index in [2.05, 4.69) is 5.32 Å². The summed E-state index contributed by atoms with van der Waals surface area (Å²) in [4.78, 5) is 33.4. The number of hydrogen-bond donors (Lipinski definition) is 2. The van der Waals surface area contributed by atoms with Crippen LogP contribution in [0.1, 0.15) is 54.6 Å². The fourth-order valence-electron chi connectivity index (χ4n) is 2.61. The van der Waals surface area contributed by atoms with Crippen molar-refractivity contribution < 1.29 is 19.5 Å². The Labute approximate surface area is 166 Å². The SMILES string of the molecule is CC(C=O)c1cccc(C(=O)c2ccccc2)c1.CNC(CC(C)C)C(=O)O. The van der Waals surface area contributed by atoms with Gasteiger partial charge in [-0.05, 0) is 31.0 Å². The summed E-state index contributed by atoms with van der Waals surface area (Å²) in [5.74, 6) is -0.547. The topological polar surface area (TPSA) is 83.5 Å². The van der Waals surface area contributed by atoms with Crippen molar-refractivity contribution in [1.82, 2.24) is 5.32 Å². The molecule has 0 aromatic heterocycles. The van der Waals surface area contributed by atoms with Gasteiger partial charge in [0.15, 0.2) is 5.78 Å². The molecule has 0 fully saturated rings. The van der Waals surface area contributed by atoms with Crippen molar-refractivity contribution in [2.45, 2.75) is 39.2 Å². The summed E-state index contributed by atoms with van der Waals surface area (Å²) in [6, 6.07) is 16.0. The highest BCUT2D eigenvalue weighted by Crippen LogP contribution is 2.17. The quantitative estimate of drug-likeness (QED) is 0.533. The Balaban J connectivity index is 0.000000336. The summed E-state index contributed by atoms with van der Waals surface area (Å²) in [6.07, 6.45) is 1.57. The maximum atomic E-state index is 12.2. The summed E-state index contributed by atoms with van der Waals surface area (Å²) in [7, 11) is 1.67. The summed E-state index contributed by atoms with van der Waals surface area (Å²) < 4.78 is 0. The lowest BCUT2D eigenvalue weighted by molar-refractivity contribution is -0.139. The van der Waals surface area contributed by atoms with E-state index in [4.69, 9.17) is 5.11 Å². The summed E-state index contributed by atoms with van der Waals surface area (Å²) in [6.45, 7) is 5.83. The molecule has 0 saturated heterocycles. The zero-order chi connectivity index (χ0) is 21.1. The van der Waals surface area contributed by atoms with E-state index in [0.29, 0.717) is 23.5 Å². The summed E-state index contributed by atoms with van der Waals surface area (Å²) >= 11 is 0. The number of nitrogens with one attached hydrogen (secondary N) is 1. The largest absolute Gasteiger partial charge is 0.480 e. The fraction of sp³-hybridized carbons (Fsp3) is 0.348. The number of carbonyl (C=O) groups excluding carboxylic acids is 2. The van der Waals surface area contributed by atoms with Crippen molar-refractivity contribution in [2.24, 2.45) is 5.92 Å². The number of hydrogen-bond acceptors (Lipinski definition) is 4. The lowest BCUT2D eigenvalue weighted by Gasteiger charge is -2.12. The number of carboxylic acids is 1. The first-order valence-corrected chi connectivity index (χ1v) is 9.35. The van der Waals surface area contributed by atoms with Gasteiger partial charge in [0.25, 0.3) is 0 Å². The number of rotatable bonds is 8. The molecule has 2 N–H and O–H groups in total. The van der Waals surface area contributed by atoms with Crippen molar-refractivity contribution in [2.75, 3.05) is 7.05 Å². The molecule has 150 valence electrons. The minimum atomic E-state index is -0.767. The Morgan fingerprint density at radius 1 is 1.00 bits per heavy atom. The first-order chi connectivity index (χ1) is 13.3. The molecule has 2 aromatic rings. The average molecular weight is 383 g/mol. The number of benzene rings is 2. The van der Waals surface area contributed by atoms with Crippen LogP contribution in [-0.4, -0.2) is 36.2 Å². The molecule has 0 saturated carbocycles. The van der Waals surface area contributed by atoms with Gasteiger partial charge in [0.2, 0.25) is 0 Å². The number of likely N-dealkylation sites (N-methyl/N-ethyl adjacent to an activating group) is 1. The van der Waals surface area contributed by atoms with Crippen LogP contribution < -0.4 is 5.32 Å². The molecule has 0 aliphatic carbocycles. The molecule has 0 spiro atoms. The monoisotopic (exact) mass is 383 g/mol. The predicted molar refractivity (Wildman–Crippen MR) is 111 cm³/mol. The number of aliphatic carboxylic acids is 1. The van der Waals surface area contributed by atoms with Crippen LogP contribution >= 0.6 is 0 Å².